The molecule has 0 saturated heterocycles. The molecule has 0 aliphatic rings. The van der Waals surface area contributed by atoms with Gasteiger partial charge in [0.25, 0.3) is 0 Å². The zero-order valence-electron chi connectivity index (χ0n) is 10.2. The Labute approximate surface area is 110 Å². The summed E-state index contributed by atoms with van der Waals surface area (Å²) in [4.78, 5) is 8.67. The zero-order valence-corrected chi connectivity index (χ0v) is 11.0. The monoisotopic (exact) mass is 257 g/mol. The van der Waals surface area contributed by atoms with E-state index in [2.05, 4.69) is 52.5 Å². The van der Waals surface area contributed by atoms with Gasteiger partial charge in [-0.05, 0) is 24.4 Å². The lowest BCUT2D eigenvalue weighted by Crippen LogP contribution is -2.17. The molecule has 0 aliphatic carbocycles. The maximum Gasteiger partial charge on any atom is 0.120 e. The molecule has 92 valence electrons. The van der Waals surface area contributed by atoms with E-state index in [9.17, 15) is 0 Å². The highest BCUT2D eigenvalue weighted by Gasteiger charge is 2.09. The summed E-state index contributed by atoms with van der Waals surface area (Å²) in [5.74, 6) is 0.975. The van der Waals surface area contributed by atoms with Gasteiger partial charge in [0, 0.05) is 28.0 Å². The zero-order chi connectivity index (χ0) is 12.4. The predicted octanol–water partition coefficient (Wildman–Crippen LogP) is 3.48. The summed E-state index contributed by atoms with van der Waals surface area (Å²) in [7, 11) is 0. The van der Waals surface area contributed by atoms with Crippen LogP contribution in [-0.4, -0.2) is 9.97 Å². The number of hydrogen-bond donors (Lipinski definition) is 2. The summed E-state index contributed by atoms with van der Waals surface area (Å²) in [5.41, 5.74) is 0. The highest BCUT2D eigenvalue weighted by atomic mass is 32.1. The number of nitrogens with one attached hydrogen (secondary N) is 2. The van der Waals surface area contributed by atoms with Gasteiger partial charge in [0.2, 0.25) is 0 Å². The summed E-state index contributed by atoms with van der Waals surface area (Å²) in [6.07, 6.45) is 3.63. The topological polar surface area (TPSA) is 40.7 Å². The third kappa shape index (κ3) is 2.30. The van der Waals surface area contributed by atoms with Crippen LogP contribution in [0.1, 0.15) is 23.7 Å². The Morgan fingerprint density at radius 3 is 3.06 bits per heavy atom. The maximum atomic E-state index is 4.21. The van der Waals surface area contributed by atoms with Gasteiger partial charge in [-0.2, -0.15) is 0 Å². The van der Waals surface area contributed by atoms with Crippen molar-refractivity contribution < 1.29 is 0 Å². The van der Waals surface area contributed by atoms with E-state index in [1.54, 1.807) is 6.20 Å². The Bertz CT molecular complexity index is 594. The van der Waals surface area contributed by atoms with Crippen LogP contribution in [0.25, 0.3) is 10.1 Å². The van der Waals surface area contributed by atoms with Crippen molar-refractivity contribution in [2.45, 2.75) is 19.5 Å². The first-order valence-electron chi connectivity index (χ1n) is 6.03. The average molecular weight is 257 g/mol. The number of nitrogens with zero attached hydrogens (tertiary/aromatic N) is 1. The highest BCUT2D eigenvalue weighted by Crippen LogP contribution is 2.29. The Morgan fingerprint density at radius 1 is 1.39 bits per heavy atom. The first kappa shape index (κ1) is 11.4. The summed E-state index contributed by atoms with van der Waals surface area (Å²) in [6, 6.07) is 11.1. The van der Waals surface area contributed by atoms with Crippen molar-refractivity contribution in [3.63, 3.8) is 0 Å². The van der Waals surface area contributed by atoms with E-state index < -0.39 is 0 Å². The molecular formula is C14H15N3S. The molecule has 4 heteroatoms. The van der Waals surface area contributed by atoms with Crippen molar-refractivity contribution in [3.8, 4) is 0 Å². The minimum atomic E-state index is 0.340. The van der Waals surface area contributed by atoms with Crippen LogP contribution in [0, 0.1) is 0 Å². The van der Waals surface area contributed by atoms with E-state index in [0.717, 1.165) is 12.4 Å². The van der Waals surface area contributed by atoms with Gasteiger partial charge < -0.3 is 10.3 Å². The van der Waals surface area contributed by atoms with Crippen LogP contribution in [0.15, 0.2) is 42.7 Å². The summed E-state index contributed by atoms with van der Waals surface area (Å²) in [6.45, 7) is 2.95. The molecule has 1 unspecified atom stereocenters. The van der Waals surface area contributed by atoms with E-state index in [0.29, 0.717) is 6.04 Å². The van der Waals surface area contributed by atoms with Gasteiger partial charge >= 0.3 is 0 Å². The standard InChI is InChI=1S/C14H15N3S/c1-10(17-9-14-15-6-7-16-14)13-8-11-4-2-3-5-12(11)18-13/h2-8,10,17H,9H2,1H3,(H,15,16). The lowest BCUT2D eigenvalue weighted by Gasteiger charge is -2.10. The summed E-state index contributed by atoms with van der Waals surface area (Å²) >= 11 is 1.85. The molecule has 0 aliphatic heterocycles. The van der Waals surface area contributed by atoms with Crippen LogP contribution in [0.2, 0.25) is 0 Å². The van der Waals surface area contributed by atoms with Gasteiger partial charge in [0.05, 0.1) is 6.54 Å². The van der Waals surface area contributed by atoms with Crippen molar-refractivity contribution >= 4 is 21.4 Å². The fourth-order valence-electron chi connectivity index (χ4n) is 1.96. The SMILES string of the molecule is CC(NCc1ncc[nH]1)c1cc2ccccc2s1. The number of aromatic nitrogens is 2. The van der Waals surface area contributed by atoms with E-state index >= 15 is 0 Å². The summed E-state index contributed by atoms with van der Waals surface area (Å²) in [5, 5.41) is 4.80. The number of imidazole rings is 1. The molecule has 0 radical (unpaired) electrons. The molecule has 0 fully saturated rings. The second-order valence-corrected chi connectivity index (χ2v) is 5.44. The molecule has 1 aromatic carbocycles. The third-order valence-electron chi connectivity index (χ3n) is 3.00. The molecule has 1 atom stereocenters. The smallest absolute Gasteiger partial charge is 0.120 e. The van der Waals surface area contributed by atoms with Crippen LogP contribution in [0.5, 0.6) is 0 Å². The number of aromatic amines is 1. The minimum absolute atomic E-state index is 0.340. The minimum Gasteiger partial charge on any atom is -0.348 e. The Balaban J connectivity index is 1.73. The average Bonchev–Trinajstić information content (AvgIpc) is 3.04. The van der Waals surface area contributed by atoms with Gasteiger partial charge in [-0.1, -0.05) is 18.2 Å². The van der Waals surface area contributed by atoms with Crippen molar-refractivity contribution in [3.05, 3.63) is 53.4 Å². The fraction of sp³-hybridized carbons (Fsp3) is 0.214. The van der Waals surface area contributed by atoms with Crippen LogP contribution in [0.3, 0.4) is 0 Å². The first-order chi connectivity index (χ1) is 8.83. The molecule has 0 saturated carbocycles. The van der Waals surface area contributed by atoms with Crippen LogP contribution in [-0.2, 0) is 6.54 Å². The van der Waals surface area contributed by atoms with Crippen molar-refractivity contribution in [2.24, 2.45) is 0 Å². The Morgan fingerprint density at radius 2 is 2.28 bits per heavy atom. The molecule has 18 heavy (non-hydrogen) atoms. The second kappa shape index (κ2) is 4.92. The number of H-pyrrole nitrogens is 1. The molecule has 0 spiro atoms. The number of rotatable bonds is 4. The maximum absolute atomic E-state index is 4.21. The fourth-order valence-corrected chi connectivity index (χ4v) is 3.05. The Hall–Kier alpha value is -1.65. The lowest BCUT2D eigenvalue weighted by atomic mass is 10.2. The normalized spacial score (nSPS) is 12.9. The second-order valence-electron chi connectivity index (χ2n) is 4.33. The van der Waals surface area contributed by atoms with Crippen LogP contribution in [0.4, 0.5) is 0 Å². The van der Waals surface area contributed by atoms with Crippen LogP contribution < -0.4 is 5.32 Å². The van der Waals surface area contributed by atoms with Gasteiger partial charge in [-0.3, -0.25) is 0 Å². The molecule has 2 N–H and O–H groups in total. The van der Waals surface area contributed by atoms with Gasteiger partial charge in [0.1, 0.15) is 5.82 Å². The van der Waals surface area contributed by atoms with Crippen molar-refractivity contribution in [1.29, 1.82) is 0 Å². The molecule has 2 aromatic heterocycles. The molecule has 2 heterocycles. The van der Waals surface area contributed by atoms with E-state index in [1.165, 1.54) is 15.0 Å². The summed E-state index contributed by atoms with van der Waals surface area (Å²) < 4.78 is 1.35. The van der Waals surface area contributed by atoms with E-state index in [1.807, 2.05) is 17.5 Å². The molecule has 3 aromatic rings. The number of thiophene rings is 1. The molecule has 3 nitrogen and oxygen atoms in total. The number of fused-ring (bicyclic) bond motifs is 1. The van der Waals surface area contributed by atoms with Crippen molar-refractivity contribution in [2.75, 3.05) is 0 Å². The molecule has 0 bridgehead atoms. The largest absolute Gasteiger partial charge is 0.348 e. The Kier molecular flexibility index (Phi) is 3.13. The van der Waals surface area contributed by atoms with Gasteiger partial charge in [-0.15, -0.1) is 11.3 Å². The van der Waals surface area contributed by atoms with Crippen molar-refractivity contribution in [1.82, 2.24) is 15.3 Å². The van der Waals surface area contributed by atoms with Crippen LogP contribution >= 0.6 is 11.3 Å². The number of hydrogen-bond acceptors (Lipinski definition) is 3. The van der Waals surface area contributed by atoms with E-state index in [-0.39, 0.29) is 0 Å². The lowest BCUT2D eigenvalue weighted by molar-refractivity contribution is 0.569. The predicted molar refractivity (Wildman–Crippen MR) is 75.7 cm³/mol. The first-order valence-corrected chi connectivity index (χ1v) is 6.85. The van der Waals surface area contributed by atoms with Gasteiger partial charge in [0.15, 0.2) is 0 Å². The van der Waals surface area contributed by atoms with E-state index in [4.69, 9.17) is 0 Å². The number of benzene rings is 1. The molecular weight excluding hydrogens is 242 g/mol. The molecule has 3 rings (SSSR count). The third-order valence-corrected chi connectivity index (χ3v) is 4.30. The van der Waals surface area contributed by atoms with Gasteiger partial charge in [-0.25, -0.2) is 4.98 Å². The molecule has 0 amide bonds. The highest BCUT2D eigenvalue weighted by molar-refractivity contribution is 7.19. The quantitative estimate of drug-likeness (QED) is 0.751.